The predicted octanol–water partition coefficient (Wildman–Crippen LogP) is 1.21. The van der Waals surface area contributed by atoms with Gasteiger partial charge in [0.05, 0.1) is 13.2 Å². The van der Waals surface area contributed by atoms with Gasteiger partial charge in [0, 0.05) is 17.0 Å². The summed E-state index contributed by atoms with van der Waals surface area (Å²) >= 11 is 6.07. The van der Waals surface area contributed by atoms with Crippen LogP contribution in [0, 0.1) is 0 Å². The van der Waals surface area contributed by atoms with Gasteiger partial charge in [0.25, 0.3) is 0 Å². The van der Waals surface area contributed by atoms with Gasteiger partial charge in [0.15, 0.2) is 0 Å². The molecule has 0 aromatic heterocycles. The molecule has 1 aromatic carbocycles. The van der Waals surface area contributed by atoms with Gasteiger partial charge in [0.1, 0.15) is 18.8 Å². The summed E-state index contributed by atoms with van der Waals surface area (Å²) in [5.74, 6) is 0.953. The lowest BCUT2D eigenvalue weighted by atomic mass is 9.86. The number of ether oxygens (including phenoxy) is 1. The Morgan fingerprint density at radius 3 is 2.63 bits per heavy atom. The Balaban J connectivity index is 2.54. The minimum absolute atomic E-state index is 0.0419. The third-order valence-electron chi connectivity index (χ3n) is 2.97. The molecule has 0 aliphatic carbocycles. The van der Waals surface area contributed by atoms with E-state index in [0.29, 0.717) is 0 Å². The quantitative estimate of drug-likeness (QED) is 0.728. The van der Waals surface area contributed by atoms with Crippen molar-refractivity contribution in [3.63, 3.8) is 0 Å². The summed E-state index contributed by atoms with van der Waals surface area (Å²) in [7, 11) is 0. The fourth-order valence-electron chi connectivity index (χ4n) is 1.91. The third-order valence-corrected chi connectivity index (χ3v) is 3.20. The number of hydrogen-bond donors (Lipinski definition) is 2. The van der Waals surface area contributed by atoms with Gasteiger partial charge in [-0.15, -0.1) is 0 Å². The van der Waals surface area contributed by atoms with Gasteiger partial charge in [-0.3, -0.25) is 0 Å². The van der Waals surface area contributed by atoms with Crippen molar-refractivity contribution in [3.05, 3.63) is 28.8 Å². The van der Waals surface area contributed by atoms with Crippen molar-refractivity contribution in [2.24, 2.45) is 0 Å². The first kappa shape index (κ1) is 16.3. The Hall–Kier alpha value is -0.770. The second-order valence-electron chi connectivity index (χ2n) is 5.81. The molecule has 0 aliphatic rings. The maximum Gasteiger partial charge on any atom is 0.125 e. The number of benzene rings is 1. The summed E-state index contributed by atoms with van der Waals surface area (Å²) in [5, 5.41) is 3.05. The van der Waals surface area contributed by atoms with Crippen LogP contribution < -0.4 is 15.8 Å². The molecule has 108 valence electrons. The fourth-order valence-corrected chi connectivity index (χ4v) is 2.08. The summed E-state index contributed by atoms with van der Waals surface area (Å²) < 4.78 is 5.90. The highest BCUT2D eigenvalue weighted by Crippen LogP contribution is 2.33. The van der Waals surface area contributed by atoms with Crippen molar-refractivity contribution in [2.75, 3.05) is 26.2 Å². The zero-order chi connectivity index (χ0) is 14.3. The molecule has 0 fully saturated rings. The van der Waals surface area contributed by atoms with E-state index in [2.05, 4.69) is 31.8 Å². The highest BCUT2D eigenvalue weighted by Gasteiger charge is 2.19. The van der Waals surface area contributed by atoms with Crippen molar-refractivity contribution in [2.45, 2.75) is 32.6 Å². The van der Waals surface area contributed by atoms with Crippen LogP contribution in [0.2, 0.25) is 5.02 Å². The van der Waals surface area contributed by atoms with Crippen molar-refractivity contribution >= 4 is 11.6 Å². The molecular weight excluding hydrogens is 260 g/mol. The highest BCUT2D eigenvalue weighted by molar-refractivity contribution is 6.30. The Bertz CT molecular complexity index is 388. The summed E-state index contributed by atoms with van der Waals surface area (Å²) in [6, 6.07) is 5.87. The van der Waals surface area contributed by atoms with E-state index in [9.17, 15) is 0 Å². The van der Waals surface area contributed by atoms with Gasteiger partial charge in [0.2, 0.25) is 0 Å². The first-order valence-electron chi connectivity index (χ1n) is 6.99. The molecule has 0 aliphatic heterocycles. The van der Waals surface area contributed by atoms with E-state index in [1.165, 1.54) is 5.56 Å². The molecular formula is C15H27ClN2O+2. The first-order valence-corrected chi connectivity index (χ1v) is 7.36. The molecule has 1 aromatic rings. The number of nitrogens with two attached hydrogens (primary N) is 1. The van der Waals surface area contributed by atoms with Gasteiger partial charge in [-0.2, -0.15) is 0 Å². The Morgan fingerprint density at radius 2 is 2.00 bits per heavy atom. The topological polar surface area (TPSA) is 53.5 Å². The molecule has 0 amide bonds. The average Bonchev–Trinajstić information content (AvgIpc) is 2.34. The molecule has 0 saturated heterocycles. The SMILES string of the molecule is CC(C)(C)c1cc(Cl)ccc1OCCC[NH2+]CC[NH3+]. The molecule has 0 atom stereocenters. The van der Waals surface area contributed by atoms with Gasteiger partial charge in [-0.05, 0) is 23.6 Å². The summed E-state index contributed by atoms with van der Waals surface area (Å²) in [5.41, 5.74) is 5.03. The lowest BCUT2D eigenvalue weighted by Gasteiger charge is -2.23. The predicted molar refractivity (Wildman–Crippen MR) is 79.7 cm³/mol. The van der Waals surface area contributed by atoms with Crippen LogP contribution in [-0.2, 0) is 5.41 Å². The summed E-state index contributed by atoms with van der Waals surface area (Å²) in [6.45, 7) is 10.4. The molecule has 19 heavy (non-hydrogen) atoms. The van der Waals surface area contributed by atoms with Gasteiger partial charge >= 0.3 is 0 Å². The normalized spacial score (nSPS) is 11.6. The summed E-state index contributed by atoms with van der Waals surface area (Å²) in [4.78, 5) is 0. The zero-order valence-corrected chi connectivity index (χ0v) is 13.1. The number of rotatable bonds is 7. The smallest absolute Gasteiger partial charge is 0.125 e. The minimum atomic E-state index is 0.0419. The monoisotopic (exact) mass is 286 g/mol. The zero-order valence-electron chi connectivity index (χ0n) is 12.3. The van der Waals surface area contributed by atoms with E-state index in [-0.39, 0.29) is 5.41 Å². The Labute approximate surface area is 121 Å². The van der Waals surface area contributed by atoms with Crippen molar-refractivity contribution < 1.29 is 15.8 Å². The average molecular weight is 287 g/mol. The van der Waals surface area contributed by atoms with Crippen LogP contribution in [0.5, 0.6) is 5.75 Å². The van der Waals surface area contributed by atoms with Crippen LogP contribution in [0.1, 0.15) is 32.8 Å². The van der Waals surface area contributed by atoms with Crippen LogP contribution in [0.4, 0.5) is 0 Å². The van der Waals surface area contributed by atoms with E-state index < -0.39 is 0 Å². The van der Waals surface area contributed by atoms with Crippen LogP contribution in [-0.4, -0.2) is 26.2 Å². The van der Waals surface area contributed by atoms with Gasteiger partial charge in [-0.1, -0.05) is 32.4 Å². The molecule has 0 radical (unpaired) electrons. The van der Waals surface area contributed by atoms with Crippen molar-refractivity contribution in [1.29, 1.82) is 0 Å². The molecule has 0 saturated carbocycles. The number of hydrogen-bond acceptors (Lipinski definition) is 1. The van der Waals surface area contributed by atoms with Gasteiger partial charge < -0.3 is 15.8 Å². The third kappa shape index (κ3) is 5.81. The first-order chi connectivity index (χ1) is 8.95. The minimum Gasteiger partial charge on any atom is -0.493 e. The van der Waals surface area contributed by atoms with Gasteiger partial charge in [-0.25, -0.2) is 0 Å². The molecule has 0 unspecified atom stereocenters. The maximum absolute atomic E-state index is 6.07. The van der Waals surface area contributed by atoms with Crippen LogP contribution >= 0.6 is 11.6 Å². The Morgan fingerprint density at radius 1 is 1.26 bits per heavy atom. The maximum atomic E-state index is 6.07. The number of quaternary nitrogens is 2. The lowest BCUT2D eigenvalue weighted by Crippen LogP contribution is -2.88. The molecule has 0 heterocycles. The van der Waals surface area contributed by atoms with E-state index in [1.54, 1.807) is 0 Å². The van der Waals surface area contributed by atoms with Crippen LogP contribution in [0.3, 0.4) is 0 Å². The second-order valence-corrected chi connectivity index (χ2v) is 6.25. The molecule has 3 nitrogen and oxygen atoms in total. The lowest BCUT2D eigenvalue weighted by molar-refractivity contribution is -0.670. The molecule has 4 heteroatoms. The number of halogens is 1. The van der Waals surface area contributed by atoms with E-state index in [1.807, 2.05) is 18.2 Å². The molecule has 1 rings (SSSR count). The largest absolute Gasteiger partial charge is 0.493 e. The van der Waals surface area contributed by atoms with Crippen LogP contribution in [0.15, 0.2) is 18.2 Å². The van der Waals surface area contributed by atoms with E-state index in [0.717, 1.165) is 43.4 Å². The Kier molecular flexibility index (Phi) is 6.63. The fraction of sp³-hybridized carbons (Fsp3) is 0.600. The van der Waals surface area contributed by atoms with Crippen molar-refractivity contribution in [1.82, 2.24) is 0 Å². The molecule has 5 N–H and O–H groups in total. The van der Waals surface area contributed by atoms with E-state index in [4.69, 9.17) is 16.3 Å². The molecule has 0 bridgehead atoms. The summed E-state index contributed by atoms with van der Waals surface area (Å²) in [6.07, 6.45) is 1.05. The standard InChI is InChI=1S/C15H25ClN2O/c1-15(2,3)13-11-12(16)5-6-14(13)19-10-4-8-18-9-7-17/h5-6,11,18H,4,7-10,17H2,1-3H3/p+2. The van der Waals surface area contributed by atoms with Crippen LogP contribution in [0.25, 0.3) is 0 Å². The molecule has 0 spiro atoms. The van der Waals surface area contributed by atoms with Crippen molar-refractivity contribution in [3.8, 4) is 5.75 Å². The highest BCUT2D eigenvalue weighted by atomic mass is 35.5. The van der Waals surface area contributed by atoms with E-state index >= 15 is 0 Å². The second kappa shape index (κ2) is 7.73.